The average Bonchev–Trinajstić information content (AvgIpc) is 3.04. The molecule has 0 spiro atoms. The highest BCUT2D eigenvalue weighted by Gasteiger charge is 2.62. The van der Waals surface area contributed by atoms with Crippen molar-refractivity contribution in [1.82, 2.24) is 9.88 Å². The van der Waals surface area contributed by atoms with Crippen molar-refractivity contribution in [3.05, 3.63) is 35.5 Å². The molecule has 2 saturated heterocycles. The highest BCUT2D eigenvalue weighted by atomic mass is 16.5. The fourth-order valence-electron chi connectivity index (χ4n) is 6.42. The number of para-hydroxylation sites is 1. The van der Waals surface area contributed by atoms with Gasteiger partial charge in [0.25, 0.3) is 0 Å². The molecule has 1 saturated carbocycles. The van der Waals surface area contributed by atoms with Crippen LogP contribution in [0.15, 0.2) is 24.3 Å². The highest BCUT2D eigenvalue weighted by molar-refractivity contribution is 5.91. The molecule has 1 aliphatic carbocycles. The number of rotatable bonds is 4. The van der Waals surface area contributed by atoms with Gasteiger partial charge in [-0.15, -0.1) is 0 Å². The second-order valence-electron chi connectivity index (χ2n) is 8.52. The molecule has 5 nitrogen and oxygen atoms in total. The number of nitrogens with zero attached hydrogens (tertiary/aromatic N) is 1. The van der Waals surface area contributed by atoms with Crippen LogP contribution in [0.4, 0.5) is 0 Å². The van der Waals surface area contributed by atoms with Crippen molar-refractivity contribution in [1.29, 1.82) is 0 Å². The summed E-state index contributed by atoms with van der Waals surface area (Å²) in [7, 11) is 3.31. The first-order chi connectivity index (χ1) is 13.2. The summed E-state index contributed by atoms with van der Waals surface area (Å²) in [5.74, 6) is 0.932. The van der Waals surface area contributed by atoms with E-state index < -0.39 is 5.41 Å². The standard InChI is InChI=1S/C22H28N2O3/c1-26-10-8-15-11-14-12-22(21(25)27-2)19-17(7-9-24(13-14)20(15)22)16-5-3-4-6-18(16)23-19/h3-6,14-15,20,23H,7-13H2,1-2H3/t14-,15-,20+,22+/m0/s1. The lowest BCUT2D eigenvalue weighted by atomic mass is 9.56. The van der Waals surface area contributed by atoms with E-state index in [1.807, 2.05) is 0 Å². The number of aromatic nitrogens is 1. The summed E-state index contributed by atoms with van der Waals surface area (Å²) in [5, 5.41) is 1.26. The van der Waals surface area contributed by atoms with Gasteiger partial charge in [0.1, 0.15) is 5.41 Å². The second-order valence-corrected chi connectivity index (χ2v) is 8.52. The van der Waals surface area contributed by atoms with E-state index in [1.54, 1.807) is 14.2 Å². The van der Waals surface area contributed by atoms with Gasteiger partial charge in [-0.1, -0.05) is 18.2 Å². The smallest absolute Gasteiger partial charge is 0.319 e. The number of methoxy groups -OCH3 is 2. The predicted octanol–water partition coefficient (Wildman–Crippen LogP) is 2.88. The maximum atomic E-state index is 13.4. The van der Waals surface area contributed by atoms with Gasteiger partial charge < -0.3 is 14.5 Å². The number of aromatic amines is 1. The number of esters is 1. The van der Waals surface area contributed by atoms with Crippen molar-refractivity contribution in [2.75, 3.05) is 33.9 Å². The summed E-state index contributed by atoms with van der Waals surface area (Å²) in [6.07, 6.45) is 4.07. The Morgan fingerprint density at radius 3 is 3.00 bits per heavy atom. The Hall–Kier alpha value is -1.85. The third-order valence-electron chi connectivity index (χ3n) is 7.24. The molecule has 1 aromatic heterocycles. The summed E-state index contributed by atoms with van der Waals surface area (Å²) < 4.78 is 10.9. The van der Waals surface area contributed by atoms with E-state index in [2.05, 4.69) is 34.1 Å². The molecule has 27 heavy (non-hydrogen) atoms. The molecule has 1 aromatic carbocycles. The first kappa shape index (κ1) is 17.3. The average molecular weight is 368 g/mol. The van der Waals surface area contributed by atoms with Crippen LogP contribution in [0.5, 0.6) is 0 Å². The van der Waals surface area contributed by atoms with E-state index in [4.69, 9.17) is 9.47 Å². The summed E-state index contributed by atoms with van der Waals surface area (Å²) in [5.41, 5.74) is 2.99. The zero-order valence-electron chi connectivity index (χ0n) is 16.2. The minimum absolute atomic E-state index is 0.0703. The molecule has 5 heteroatoms. The molecule has 0 radical (unpaired) electrons. The Labute approximate surface area is 160 Å². The van der Waals surface area contributed by atoms with Crippen molar-refractivity contribution < 1.29 is 14.3 Å². The molecule has 4 bridgehead atoms. The number of fused-ring (bicyclic) bond motifs is 4. The van der Waals surface area contributed by atoms with Crippen LogP contribution < -0.4 is 0 Å². The van der Waals surface area contributed by atoms with Crippen molar-refractivity contribution in [2.45, 2.75) is 37.1 Å². The van der Waals surface area contributed by atoms with Gasteiger partial charge in [0.2, 0.25) is 0 Å². The Bertz CT molecular complexity index is 876. The minimum Gasteiger partial charge on any atom is -0.468 e. The third-order valence-corrected chi connectivity index (χ3v) is 7.24. The van der Waals surface area contributed by atoms with Crippen molar-refractivity contribution >= 4 is 16.9 Å². The van der Waals surface area contributed by atoms with Crippen LogP contribution in [0.25, 0.3) is 10.9 Å². The van der Waals surface area contributed by atoms with Crippen LogP contribution in [0, 0.1) is 11.8 Å². The third kappa shape index (κ3) is 2.34. The molecular weight excluding hydrogens is 340 g/mol. The molecule has 4 aliphatic rings. The van der Waals surface area contributed by atoms with Crippen LogP contribution in [0.1, 0.15) is 30.5 Å². The lowest BCUT2D eigenvalue weighted by Crippen LogP contribution is -2.67. The Morgan fingerprint density at radius 2 is 2.19 bits per heavy atom. The van der Waals surface area contributed by atoms with Crippen LogP contribution >= 0.6 is 0 Å². The van der Waals surface area contributed by atoms with Gasteiger partial charge in [-0.2, -0.15) is 0 Å². The summed E-state index contributed by atoms with van der Waals surface area (Å²) in [4.78, 5) is 19.7. The number of H-pyrrole nitrogens is 1. The number of piperidine rings is 2. The Morgan fingerprint density at radius 1 is 1.33 bits per heavy atom. The van der Waals surface area contributed by atoms with Crippen LogP contribution in [0.2, 0.25) is 0 Å². The number of hydrogen-bond donors (Lipinski definition) is 1. The van der Waals surface area contributed by atoms with Gasteiger partial charge in [0.15, 0.2) is 0 Å². The largest absolute Gasteiger partial charge is 0.468 e. The van der Waals surface area contributed by atoms with E-state index in [0.717, 1.165) is 50.2 Å². The number of benzene rings is 1. The van der Waals surface area contributed by atoms with E-state index in [9.17, 15) is 4.79 Å². The first-order valence-electron chi connectivity index (χ1n) is 10.1. The fraction of sp³-hybridized carbons (Fsp3) is 0.591. The molecular formula is C22H28N2O3. The fourth-order valence-corrected chi connectivity index (χ4v) is 6.42. The van der Waals surface area contributed by atoms with Crippen molar-refractivity contribution in [2.24, 2.45) is 11.8 Å². The van der Waals surface area contributed by atoms with Gasteiger partial charge >= 0.3 is 5.97 Å². The maximum absolute atomic E-state index is 13.4. The minimum atomic E-state index is -0.584. The number of nitrogens with one attached hydrogen (secondary N) is 1. The molecule has 2 aromatic rings. The van der Waals surface area contributed by atoms with Gasteiger partial charge in [0, 0.05) is 49.4 Å². The van der Waals surface area contributed by atoms with Gasteiger partial charge in [-0.05, 0) is 49.1 Å². The maximum Gasteiger partial charge on any atom is 0.319 e. The molecule has 1 N–H and O–H groups in total. The zero-order chi connectivity index (χ0) is 18.6. The van der Waals surface area contributed by atoms with E-state index in [1.165, 1.54) is 17.4 Å². The summed E-state index contributed by atoms with van der Waals surface area (Å²) >= 11 is 0. The molecule has 0 amide bonds. The van der Waals surface area contributed by atoms with Crippen molar-refractivity contribution in [3.63, 3.8) is 0 Å². The highest BCUT2D eigenvalue weighted by Crippen LogP contribution is 2.55. The first-order valence-corrected chi connectivity index (χ1v) is 10.1. The molecule has 4 heterocycles. The van der Waals surface area contributed by atoms with E-state index in [0.29, 0.717) is 11.8 Å². The lowest BCUT2D eigenvalue weighted by Gasteiger charge is -2.58. The molecule has 3 fully saturated rings. The van der Waals surface area contributed by atoms with Gasteiger partial charge in [0.05, 0.1) is 7.11 Å². The number of hydrogen-bond acceptors (Lipinski definition) is 4. The molecule has 6 rings (SSSR count). The number of carbonyl (C=O) groups excluding carboxylic acids is 1. The number of carbonyl (C=O) groups is 1. The molecule has 3 aliphatic heterocycles. The lowest BCUT2D eigenvalue weighted by molar-refractivity contribution is -0.162. The topological polar surface area (TPSA) is 54.6 Å². The molecule has 144 valence electrons. The van der Waals surface area contributed by atoms with E-state index in [-0.39, 0.29) is 12.0 Å². The van der Waals surface area contributed by atoms with Gasteiger partial charge in [-0.25, -0.2) is 0 Å². The summed E-state index contributed by atoms with van der Waals surface area (Å²) in [6, 6.07) is 8.65. The predicted molar refractivity (Wildman–Crippen MR) is 104 cm³/mol. The second kappa shape index (κ2) is 6.35. The summed E-state index contributed by atoms with van der Waals surface area (Å²) in [6.45, 7) is 2.87. The van der Waals surface area contributed by atoms with Crippen LogP contribution in [-0.4, -0.2) is 55.8 Å². The Kier molecular flexibility index (Phi) is 4.06. The molecule has 1 unspecified atom stereocenters. The van der Waals surface area contributed by atoms with Crippen LogP contribution in [0.3, 0.4) is 0 Å². The van der Waals surface area contributed by atoms with Crippen molar-refractivity contribution in [3.8, 4) is 0 Å². The molecule has 5 atom stereocenters. The zero-order valence-corrected chi connectivity index (χ0v) is 16.2. The van der Waals surface area contributed by atoms with Gasteiger partial charge in [-0.3, -0.25) is 9.69 Å². The monoisotopic (exact) mass is 368 g/mol. The SMILES string of the molecule is COCC[C@H]1C[C@@H]2CN3CCc4c([nH]c5ccccc45)[C@](C(=O)OC)(C2)[C@@H]13. The van der Waals surface area contributed by atoms with Crippen LogP contribution in [-0.2, 0) is 26.1 Å². The Balaban J connectivity index is 1.72. The quantitative estimate of drug-likeness (QED) is 0.843. The number of ether oxygens (including phenoxy) is 2. The van der Waals surface area contributed by atoms with E-state index >= 15 is 0 Å². The normalized spacial score (nSPS) is 34.3.